The van der Waals surface area contributed by atoms with Gasteiger partial charge in [0.05, 0.1) is 18.6 Å². The third-order valence-corrected chi connectivity index (χ3v) is 15.1. The highest BCUT2D eigenvalue weighted by atomic mass is 16.5. The number of rotatable bonds is 4. The third kappa shape index (κ3) is 4.22. The van der Waals surface area contributed by atoms with E-state index in [-0.39, 0.29) is 50.8 Å². The quantitative estimate of drug-likeness (QED) is 0.310. The zero-order valence-electron chi connectivity index (χ0n) is 28.1. The van der Waals surface area contributed by atoms with Gasteiger partial charge in [0.2, 0.25) is 5.91 Å². The largest absolute Gasteiger partial charge is 0.504 e. The Morgan fingerprint density at radius 1 is 0.977 bits per heavy atom. The van der Waals surface area contributed by atoms with Gasteiger partial charge < -0.3 is 20.3 Å². The van der Waals surface area contributed by atoms with Crippen LogP contribution in [0.3, 0.4) is 0 Å². The van der Waals surface area contributed by atoms with Crippen molar-refractivity contribution in [1.29, 1.82) is 0 Å². The monoisotopic (exact) mass is 591 g/mol. The molecule has 0 radical (unpaired) electrons. The summed E-state index contributed by atoms with van der Waals surface area (Å²) < 4.78 is 5.32. The van der Waals surface area contributed by atoms with E-state index in [0.717, 1.165) is 50.5 Å². The molecule has 5 aliphatic carbocycles. The van der Waals surface area contributed by atoms with E-state index in [4.69, 9.17) is 4.74 Å². The van der Waals surface area contributed by atoms with E-state index in [1.165, 1.54) is 12.8 Å². The molecule has 0 unspecified atom stereocenters. The lowest BCUT2D eigenvalue weighted by Crippen LogP contribution is -2.66. The van der Waals surface area contributed by atoms with Crippen LogP contribution in [0.1, 0.15) is 112 Å². The molecule has 0 spiro atoms. The van der Waals surface area contributed by atoms with E-state index >= 15 is 0 Å². The number of allylic oxidation sites excluding steroid dienone is 2. The van der Waals surface area contributed by atoms with Crippen LogP contribution >= 0.6 is 0 Å². The van der Waals surface area contributed by atoms with Crippen LogP contribution in [-0.2, 0) is 11.3 Å². The smallest absolute Gasteiger partial charge is 0.227 e. The Morgan fingerprint density at radius 2 is 1.72 bits per heavy atom. The molecule has 6 rings (SSSR count). The van der Waals surface area contributed by atoms with Crippen LogP contribution in [0, 0.1) is 56.7 Å². The van der Waals surface area contributed by atoms with Crippen molar-refractivity contribution in [2.75, 3.05) is 7.11 Å². The number of hydrogen-bond donors (Lipinski definition) is 3. The molecule has 43 heavy (non-hydrogen) atoms. The molecule has 0 bridgehead atoms. The molecule has 5 nitrogen and oxygen atoms in total. The van der Waals surface area contributed by atoms with Crippen molar-refractivity contribution in [2.24, 2.45) is 56.7 Å². The SMILES string of the molecule is COc1cc(CNC(=O)[C@]23CC[C@@H](C)[C@H](C)[C@H]2C2=CC[C@@H]4[C@@]5(C)CC[C@H](O)C(C)(C)[C@@H]5CC[C@@]4(C)[C@]2(C)CC3)ccc1O. The highest BCUT2D eigenvalue weighted by Crippen LogP contribution is 2.75. The topological polar surface area (TPSA) is 78.8 Å². The number of phenols is 1. The number of methoxy groups -OCH3 is 1. The summed E-state index contributed by atoms with van der Waals surface area (Å²) in [5.74, 6) is 3.21. The van der Waals surface area contributed by atoms with E-state index in [0.29, 0.717) is 36.0 Å². The molecule has 10 atom stereocenters. The summed E-state index contributed by atoms with van der Waals surface area (Å²) in [6, 6.07) is 5.33. The molecule has 0 aromatic heterocycles. The second-order valence-electron chi connectivity index (χ2n) is 16.9. The number of aliphatic hydroxyl groups is 1. The normalized spacial score (nSPS) is 45.0. The maximum absolute atomic E-state index is 14.4. The Kier molecular flexibility index (Phi) is 7.39. The standard InChI is InChI=1S/C38H57NO4/c1-23-13-18-38(33(42)39-22-25-9-11-27(40)28(21-25)43-8)20-19-36(6)26(32(38)24(23)2)10-12-30-35(5)16-15-31(41)34(3,4)29(35)14-17-37(30,36)7/h9-11,21,23-24,29-32,40-41H,12-20,22H2,1-8H3,(H,39,42)/t23-,24+,29+,30-,31+,32+,35+,36-,37-,38+/m1/s1. The molecule has 0 heterocycles. The Balaban J connectivity index is 1.35. The minimum Gasteiger partial charge on any atom is -0.504 e. The summed E-state index contributed by atoms with van der Waals surface area (Å²) in [5, 5.41) is 24.5. The Hall–Kier alpha value is -2.01. The highest BCUT2D eigenvalue weighted by molar-refractivity contribution is 5.84. The van der Waals surface area contributed by atoms with Gasteiger partial charge in [-0.2, -0.15) is 0 Å². The second-order valence-corrected chi connectivity index (χ2v) is 16.9. The van der Waals surface area contributed by atoms with Crippen LogP contribution in [0.15, 0.2) is 29.8 Å². The predicted molar refractivity (Wildman–Crippen MR) is 171 cm³/mol. The summed E-state index contributed by atoms with van der Waals surface area (Å²) >= 11 is 0. The molecule has 3 N–H and O–H groups in total. The molecule has 1 aromatic carbocycles. The maximum Gasteiger partial charge on any atom is 0.227 e. The van der Waals surface area contributed by atoms with Gasteiger partial charge in [-0.15, -0.1) is 0 Å². The van der Waals surface area contributed by atoms with Crippen LogP contribution in [0.2, 0.25) is 0 Å². The van der Waals surface area contributed by atoms with Crippen LogP contribution in [-0.4, -0.2) is 29.3 Å². The van der Waals surface area contributed by atoms with Crippen molar-refractivity contribution in [2.45, 2.75) is 119 Å². The van der Waals surface area contributed by atoms with Crippen molar-refractivity contribution in [3.63, 3.8) is 0 Å². The molecule has 238 valence electrons. The number of carbonyl (C=O) groups is 1. The zero-order chi connectivity index (χ0) is 31.2. The summed E-state index contributed by atoms with van der Waals surface area (Å²) in [7, 11) is 1.55. The summed E-state index contributed by atoms with van der Waals surface area (Å²) in [4.78, 5) is 14.4. The van der Waals surface area contributed by atoms with Crippen molar-refractivity contribution in [3.05, 3.63) is 35.4 Å². The molecule has 1 amide bonds. The van der Waals surface area contributed by atoms with Crippen molar-refractivity contribution < 1.29 is 19.7 Å². The van der Waals surface area contributed by atoms with Crippen LogP contribution < -0.4 is 10.1 Å². The number of fused-ring (bicyclic) bond motifs is 7. The van der Waals surface area contributed by atoms with Crippen molar-refractivity contribution >= 4 is 5.91 Å². The summed E-state index contributed by atoms with van der Waals surface area (Å²) in [6.07, 6.45) is 12.0. The van der Waals surface area contributed by atoms with Gasteiger partial charge in [-0.25, -0.2) is 0 Å². The van der Waals surface area contributed by atoms with Gasteiger partial charge in [-0.1, -0.05) is 66.2 Å². The first kappa shape index (κ1) is 31.0. The van der Waals surface area contributed by atoms with Gasteiger partial charge >= 0.3 is 0 Å². The van der Waals surface area contributed by atoms with E-state index in [9.17, 15) is 15.0 Å². The lowest BCUT2D eigenvalue weighted by molar-refractivity contribution is -0.204. The Labute approximate surface area is 260 Å². The fourth-order valence-corrected chi connectivity index (χ4v) is 12.1. The number of aliphatic hydroxyl groups excluding tert-OH is 1. The number of amides is 1. The summed E-state index contributed by atoms with van der Waals surface area (Å²) in [5.41, 5.74) is 2.60. The predicted octanol–water partition coefficient (Wildman–Crippen LogP) is 8.04. The van der Waals surface area contributed by atoms with E-state index in [1.807, 2.05) is 12.1 Å². The number of aromatic hydroxyl groups is 1. The molecule has 0 aliphatic heterocycles. The fraction of sp³-hybridized carbons (Fsp3) is 0.763. The van der Waals surface area contributed by atoms with Crippen LogP contribution in [0.5, 0.6) is 11.5 Å². The van der Waals surface area contributed by atoms with Gasteiger partial charge in [0.25, 0.3) is 0 Å². The molecular weight excluding hydrogens is 534 g/mol. The van der Waals surface area contributed by atoms with Gasteiger partial charge in [0.1, 0.15) is 0 Å². The lowest BCUT2D eigenvalue weighted by Gasteiger charge is -2.71. The molecule has 1 aromatic rings. The number of carbonyl (C=O) groups excluding carboxylic acids is 1. The number of phenolic OH excluding ortho intramolecular Hbond substituents is 1. The van der Waals surface area contributed by atoms with Gasteiger partial charge in [0.15, 0.2) is 11.5 Å². The van der Waals surface area contributed by atoms with Gasteiger partial charge in [-0.05, 0) is 127 Å². The highest BCUT2D eigenvalue weighted by Gasteiger charge is 2.69. The molecule has 4 saturated carbocycles. The molecule has 5 heteroatoms. The number of nitrogens with one attached hydrogen (secondary N) is 1. The molecule has 5 aliphatic rings. The average molecular weight is 592 g/mol. The third-order valence-electron chi connectivity index (χ3n) is 15.1. The first-order valence-electron chi connectivity index (χ1n) is 17.2. The van der Waals surface area contributed by atoms with Crippen molar-refractivity contribution in [3.8, 4) is 11.5 Å². The fourth-order valence-electron chi connectivity index (χ4n) is 12.1. The van der Waals surface area contributed by atoms with Crippen LogP contribution in [0.4, 0.5) is 0 Å². The first-order valence-corrected chi connectivity index (χ1v) is 17.2. The summed E-state index contributed by atoms with van der Waals surface area (Å²) in [6.45, 7) is 17.7. The maximum atomic E-state index is 14.4. The van der Waals surface area contributed by atoms with Crippen molar-refractivity contribution in [1.82, 2.24) is 5.32 Å². The second kappa shape index (κ2) is 10.3. The minimum absolute atomic E-state index is 0.0478. The molecular formula is C38H57NO4. The van der Waals surface area contributed by atoms with E-state index in [1.54, 1.807) is 18.7 Å². The minimum atomic E-state index is -0.375. The average Bonchev–Trinajstić information content (AvgIpc) is 2.97. The Morgan fingerprint density at radius 3 is 2.44 bits per heavy atom. The zero-order valence-corrected chi connectivity index (χ0v) is 28.1. The number of hydrogen-bond acceptors (Lipinski definition) is 4. The number of ether oxygens (including phenoxy) is 1. The molecule has 0 saturated heterocycles. The first-order chi connectivity index (χ1) is 20.2. The van der Waals surface area contributed by atoms with E-state index < -0.39 is 0 Å². The van der Waals surface area contributed by atoms with Crippen LogP contribution in [0.25, 0.3) is 0 Å². The van der Waals surface area contributed by atoms with Gasteiger partial charge in [-0.3, -0.25) is 4.79 Å². The lowest BCUT2D eigenvalue weighted by atomic mass is 9.33. The van der Waals surface area contributed by atoms with E-state index in [2.05, 4.69) is 59.9 Å². The number of benzene rings is 1. The molecule has 4 fully saturated rings. The Bertz CT molecular complexity index is 1300. The van der Waals surface area contributed by atoms with Gasteiger partial charge in [0, 0.05) is 6.54 Å².